The summed E-state index contributed by atoms with van der Waals surface area (Å²) in [6.45, 7) is 2.64. The predicted molar refractivity (Wildman–Crippen MR) is 65.7 cm³/mol. The van der Waals surface area contributed by atoms with Crippen molar-refractivity contribution in [3.8, 4) is 0 Å². The molecule has 2 heterocycles. The Bertz CT molecular complexity index is 441. The summed E-state index contributed by atoms with van der Waals surface area (Å²) in [6, 6.07) is 3.51. The van der Waals surface area contributed by atoms with Crippen LogP contribution in [0.25, 0.3) is 0 Å². The minimum absolute atomic E-state index is 0.101. The second kappa shape index (κ2) is 5.59. The number of carbonyl (C=O) groups is 2. The summed E-state index contributed by atoms with van der Waals surface area (Å²) in [4.78, 5) is 30.2. The zero-order valence-electron chi connectivity index (χ0n) is 10.1. The molecular formula is C12H16N4O2. The molecule has 0 spiro atoms. The largest absolute Gasteiger partial charge is 0.342 e. The van der Waals surface area contributed by atoms with Crippen molar-refractivity contribution in [2.45, 2.75) is 6.54 Å². The molecule has 0 radical (unpaired) electrons. The molecule has 0 bridgehead atoms. The number of hydrogen-bond acceptors (Lipinski definition) is 4. The second-order valence-electron chi connectivity index (χ2n) is 4.19. The Kier molecular flexibility index (Phi) is 3.88. The lowest BCUT2D eigenvalue weighted by atomic mass is 10.2. The zero-order valence-corrected chi connectivity index (χ0v) is 10.1. The fraction of sp³-hybridized carbons (Fsp3) is 0.417. The van der Waals surface area contributed by atoms with Crippen LogP contribution in [0.4, 0.5) is 0 Å². The fourth-order valence-electron chi connectivity index (χ4n) is 1.91. The topological polar surface area (TPSA) is 79.5 Å². The first-order valence-corrected chi connectivity index (χ1v) is 5.88. The molecule has 2 N–H and O–H groups in total. The first kappa shape index (κ1) is 12.5. The van der Waals surface area contributed by atoms with Crippen molar-refractivity contribution in [3.63, 3.8) is 0 Å². The van der Waals surface area contributed by atoms with Gasteiger partial charge in [-0.05, 0) is 17.7 Å². The van der Waals surface area contributed by atoms with E-state index in [1.54, 1.807) is 28.1 Å². The Balaban J connectivity index is 2.05. The lowest BCUT2D eigenvalue weighted by Crippen LogP contribution is -2.48. The van der Waals surface area contributed by atoms with Gasteiger partial charge in [-0.25, -0.2) is 0 Å². The summed E-state index contributed by atoms with van der Waals surface area (Å²) in [5.41, 5.74) is 6.84. The van der Waals surface area contributed by atoms with E-state index in [2.05, 4.69) is 4.98 Å². The number of amides is 2. The van der Waals surface area contributed by atoms with Crippen LogP contribution in [0.5, 0.6) is 0 Å². The number of aromatic nitrogens is 1. The van der Waals surface area contributed by atoms with Crippen LogP contribution < -0.4 is 5.73 Å². The highest BCUT2D eigenvalue weighted by Gasteiger charge is 2.22. The maximum absolute atomic E-state index is 12.2. The SMILES string of the molecule is NCc1ccnc(C(=O)N2CCN(C=O)CC2)c1. The number of pyridine rings is 1. The molecule has 1 aliphatic rings. The number of hydrogen-bond donors (Lipinski definition) is 1. The minimum atomic E-state index is -0.101. The lowest BCUT2D eigenvalue weighted by Gasteiger charge is -2.32. The van der Waals surface area contributed by atoms with Crippen molar-refractivity contribution < 1.29 is 9.59 Å². The van der Waals surface area contributed by atoms with E-state index >= 15 is 0 Å². The molecule has 1 aromatic rings. The minimum Gasteiger partial charge on any atom is -0.342 e. The molecule has 0 aromatic carbocycles. The molecular weight excluding hydrogens is 232 g/mol. The van der Waals surface area contributed by atoms with Gasteiger partial charge in [0.15, 0.2) is 0 Å². The highest BCUT2D eigenvalue weighted by Crippen LogP contribution is 2.08. The van der Waals surface area contributed by atoms with Crippen molar-refractivity contribution in [1.29, 1.82) is 0 Å². The number of piperazine rings is 1. The molecule has 0 aliphatic carbocycles. The first-order valence-electron chi connectivity index (χ1n) is 5.88. The van der Waals surface area contributed by atoms with E-state index in [4.69, 9.17) is 5.73 Å². The standard InChI is InChI=1S/C12H16N4O2/c13-8-10-1-2-14-11(7-10)12(18)16-5-3-15(9-17)4-6-16/h1-2,7,9H,3-6,8,13H2. The van der Waals surface area contributed by atoms with E-state index in [0.29, 0.717) is 38.4 Å². The van der Waals surface area contributed by atoms with Gasteiger partial charge in [0.2, 0.25) is 6.41 Å². The summed E-state index contributed by atoms with van der Waals surface area (Å²) in [7, 11) is 0. The smallest absolute Gasteiger partial charge is 0.272 e. The Morgan fingerprint density at radius 1 is 1.39 bits per heavy atom. The van der Waals surface area contributed by atoms with Crippen LogP contribution in [0.1, 0.15) is 16.1 Å². The summed E-state index contributed by atoms with van der Waals surface area (Å²) >= 11 is 0. The van der Waals surface area contributed by atoms with Gasteiger partial charge in [0.25, 0.3) is 5.91 Å². The summed E-state index contributed by atoms with van der Waals surface area (Å²) in [5, 5.41) is 0. The van der Waals surface area contributed by atoms with Crippen LogP contribution in [-0.2, 0) is 11.3 Å². The quantitative estimate of drug-likeness (QED) is 0.728. The van der Waals surface area contributed by atoms with Gasteiger partial charge in [0.1, 0.15) is 5.69 Å². The second-order valence-corrected chi connectivity index (χ2v) is 4.19. The molecule has 1 aliphatic heterocycles. The molecule has 6 nitrogen and oxygen atoms in total. The Morgan fingerprint density at radius 2 is 2.11 bits per heavy atom. The van der Waals surface area contributed by atoms with E-state index in [0.717, 1.165) is 12.0 Å². The Morgan fingerprint density at radius 3 is 2.72 bits per heavy atom. The normalized spacial score (nSPS) is 15.6. The lowest BCUT2D eigenvalue weighted by molar-refractivity contribution is -0.119. The van der Waals surface area contributed by atoms with Crippen molar-refractivity contribution in [2.75, 3.05) is 26.2 Å². The van der Waals surface area contributed by atoms with Gasteiger partial charge < -0.3 is 15.5 Å². The highest BCUT2D eigenvalue weighted by molar-refractivity contribution is 5.92. The van der Waals surface area contributed by atoms with Crippen LogP contribution >= 0.6 is 0 Å². The van der Waals surface area contributed by atoms with E-state index in [1.165, 1.54) is 0 Å². The van der Waals surface area contributed by atoms with Gasteiger partial charge in [-0.2, -0.15) is 0 Å². The third kappa shape index (κ3) is 2.65. The number of carbonyl (C=O) groups excluding carboxylic acids is 2. The molecule has 2 rings (SSSR count). The van der Waals surface area contributed by atoms with Crippen LogP contribution in [-0.4, -0.2) is 53.3 Å². The first-order chi connectivity index (χ1) is 8.74. The summed E-state index contributed by atoms with van der Waals surface area (Å²) in [6.07, 6.45) is 2.41. The zero-order chi connectivity index (χ0) is 13.0. The van der Waals surface area contributed by atoms with Gasteiger partial charge in [0.05, 0.1) is 0 Å². The third-order valence-electron chi connectivity index (χ3n) is 3.03. The third-order valence-corrected chi connectivity index (χ3v) is 3.03. The molecule has 2 amide bonds. The van der Waals surface area contributed by atoms with Gasteiger partial charge in [0, 0.05) is 38.9 Å². The molecule has 6 heteroatoms. The van der Waals surface area contributed by atoms with Crippen LogP contribution in [0.3, 0.4) is 0 Å². The van der Waals surface area contributed by atoms with Crippen molar-refractivity contribution >= 4 is 12.3 Å². The molecule has 0 unspecified atom stereocenters. The monoisotopic (exact) mass is 248 g/mol. The maximum atomic E-state index is 12.2. The molecule has 96 valence electrons. The number of nitrogens with zero attached hydrogens (tertiary/aromatic N) is 3. The van der Waals surface area contributed by atoms with Gasteiger partial charge in [-0.1, -0.05) is 0 Å². The van der Waals surface area contributed by atoms with Crippen molar-refractivity contribution in [1.82, 2.24) is 14.8 Å². The van der Waals surface area contributed by atoms with Crippen LogP contribution in [0.15, 0.2) is 18.3 Å². The van der Waals surface area contributed by atoms with Gasteiger partial charge in [-0.3, -0.25) is 14.6 Å². The molecule has 18 heavy (non-hydrogen) atoms. The van der Waals surface area contributed by atoms with Crippen molar-refractivity contribution in [2.24, 2.45) is 5.73 Å². The van der Waals surface area contributed by atoms with E-state index in [1.807, 2.05) is 0 Å². The summed E-state index contributed by atoms with van der Waals surface area (Å²) < 4.78 is 0. The molecule has 0 saturated carbocycles. The predicted octanol–water partition coefficient (Wildman–Crippen LogP) is -0.545. The van der Waals surface area contributed by atoms with Crippen LogP contribution in [0, 0.1) is 0 Å². The maximum Gasteiger partial charge on any atom is 0.272 e. The Hall–Kier alpha value is -1.95. The molecule has 1 aromatic heterocycles. The fourth-order valence-corrected chi connectivity index (χ4v) is 1.91. The van der Waals surface area contributed by atoms with Crippen molar-refractivity contribution in [3.05, 3.63) is 29.6 Å². The van der Waals surface area contributed by atoms with E-state index in [9.17, 15) is 9.59 Å². The molecule has 0 atom stereocenters. The van der Waals surface area contributed by atoms with Crippen LogP contribution in [0.2, 0.25) is 0 Å². The summed E-state index contributed by atoms with van der Waals surface area (Å²) in [5.74, 6) is -0.101. The molecule has 1 fully saturated rings. The van der Waals surface area contributed by atoms with E-state index < -0.39 is 0 Å². The van der Waals surface area contributed by atoms with Gasteiger partial charge >= 0.3 is 0 Å². The van der Waals surface area contributed by atoms with E-state index in [-0.39, 0.29) is 5.91 Å². The highest BCUT2D eigenvalue weighted by atomic mass is 16.2. The molecule has 1 saturated heterocycles. The van der Waals surface area contributed by atoms with Gasteiger partial charge in [-0.15, -0.1) is 0 Å². The average molecular weight is 248 g/mol. The number of nitrogens with two attached hydrogens (primary N) is 1. The Labute approximate surface area is 105 Å². The number of rotatable bonds is 3. The average Bonchev–Trinajstić information content (AvgIpc) is 2.46.